The van der Waals surface area contributed by atoms with Gasteiger partial charge < -0.3 is 27.9 Å². The third-order valence-electron chi connectivity index (χ3n) is 5.23. The lowest BCUT2D eigenvalue weighted by Gasteiger charge is -2.31. The first-order valence-electron chi connectivity index (χ1n) is 9.51. The van der Waals surface area contributed by atoms with Crippen molar-refractivity contribution in [3.8, 4) is 0 Å². The van der Waals surface area contributed by atoms with Gasteiger partial charge in [-0.25, -0.2) is 0 Å². The number of hydrogen-bond donors (Lipinski definition) is 0. The quantitative estimate of drug-likeness (QED) is 0.696. The third kappa shape index (κ3) is 5.94. The van der Waals surface area contributed by atoms with E-state index in [0.29, 0.717) is 0 Å². The summed E-state index contributed by atoms with van der Waals surface area (Å²) in [6.45, 7) is 23.9. The molecule has 0 saturated carbocycles. The van der Waals surface area contributed by atoms with Crippen LogP contribution in [0.5, 0.6) is 0 Å². The highest BCUT2D eigenvalue weighted by Crippen LogP contribution is 2.37. The summed E-state index contributed by atoms with van der Waals surface area (Å²) in [4.78, 5) is 0. The van der Waals surface area contributed by atoms with Crippen molar-refractivity contribution in [2.24, 2.45) is 0 Å². The molecule has 0 amide bonds. The molecular formula is C18H38B2O6. The molecule has 0 bridgehead atoms. The molecule has 26 heavy (non-hydrogen) atoms. The summed E-state index contributed by atoms with van der Waals surface area (Å²) in [6, 6.07) is 0. The normalized spacial score (nSPS) is 25.6. The first-order chi connectivity index (χ1) is 11.5. The fourth-order valence-electron chi connectivity index (χ4n) is 2.13. The molecule has 2 rings (SSSR count). The van der Waals surface area contributed by atoms with Crippen molar-refractivity contribution >= 4 is 14.6 Å². The Morgan fingerprint density at radius 3 is 0.846 bits per heavy atom. The van der Waals surface area contributed by atoms with Gasteiger partial charge in [-0.15, -0.1) is 0 Å². The molecule has 2 saturated heterocycles. The molecule has 2 heterocycles. The van der Waals surface area contributed by atoms with E-state index < -0.39 is 14.6 Å². The molecular weight excluding hydrogens is 334 g/mol. The second-order valence-corrected chi connectivity index (χ2v) is 9.46. The molecule has 2 fully saturated rings. The van der Waals surface area contributed by atoms with E-state index >= 15 is 0 Å². The van der Waals surface area contributed by atoms with Crippen LogP contribution in [0.1, 0.15) is 83.1 Å². The second kappa shape index (κ2) is 8.10. The molecule has 8 heteroatoms. The number of rotatable bonds is 4. The summed E-state index contributed by atoms with van der Waals surface area (Å²) in [6.07, 6.45) is 0.240. The van der Waals surface area contributed by atoms with Gasteiger partial charge in [0.1, 0.15) is 0 Å². The zero-order valence-electron chi connectivity index (χ0n) is 18.8. The SMILES string of the molecule is CC(C)OB1OC(C)(C)C(C)(C)O1.CC(C)OB1OC(C)(C)C(C)(C)O1. The van der Waals surface area contributed by atoms with E-state index in [-0.39, 0.29) is 34.6 Å². The fourth-order valence-corrected chi connectivity index (χ4v) is 2.13. The average Bonchev–Trinajstić information content (AvgIpc) is 2.65. The Kier molecular flexibility index (Phi) is 7.45. The Morgan fingerprint density at radius 2 is 0.692 bits per heavy atom. The van der Waals surface area contributed by atoms with Crippen molar-refractivity contribution in [2.45, 2.75) is 118 Å². The van der Waals surface area contributed by atoms with Crippen molar-refractivity contribution < 1.29 is 27.9 Å². The molecule has 0 aromatic heterocycles. The monoisotopic (exact) mass is 372 g/mol. The summed E-state index contributed by atoms with van der Waals surface area (Å²) in [5.74, 6) is 0. The van der Waals surface area contributed by atoms with Crippen molar-refractivity contribution in [3.63, 3.8) is 0 Å². The topological polar surface area (TPSA) is 55.4 Å². The van der Waals surface area contributed by atoms with Crippen molar-refractivity contribution in [2.75, 3.05) is 0 Å². The van der Waals surface area contributed by atoms with Crippen molar-refractivity contribution in [1.29, 1.82) is 0 Å². The Balaban J connectivity index is 0.000000260. The molecule has 0 unspecified atom stereocenters. The predicted molar refractivity (Wildman–Crippen MR) is 105 cm³/mol. The van der Waals surface area contributed by atoms with Gasteiger partial charge in [0.2, 0.25) is 0 Å². The Labute approximate surface area is 160 Å². The highest BCUT2D eigenvalue weighted by atomic mass is 16.8. The van der Waals surface area contributed by atoms with Crippen LogP contribution in [0.2, 0.25) is 0 Å². The van der Waals surface area contributed by atoms with Gasteiger partial charge in [-0.1, -0.05) is 0 Å². The molecule has 0 aromatic carbocycles. The van der Waals surface area contributed by atoms with Crippen LogP contribution in [0.25, 0.3) is 0 Å². The number of hydrogen-bond acceptors (Lipinski definition) is 6. The lowest BCUT2D eigenvalue weighted by molar-refractivity contribution is 0.00578. The van der Waals surface area contributed by atoms with Crippen LogP contribution in [0, 0.1) is 0 Å². The summed E-state index contributed by atoms with van der Waals surface area (Å²) in [5.41, 5.74) is -1.20. The standard InChI is InChI=1S/2C9H19BO3/c2*1-7(2)11-10-12-8(3,4)9(5,6)13-10/h2*7H,1-6H3. The van der Waals surface area contributed by atoms with Crippen LogP contribution < -0.4 is 0 Å². The third-order valence-corrected chi connectivity index (χ3v) is 5.23. The summed E-state index contributed by atoms with van der Waals surface area (Å²) in [5, 5.41) is 0. The fraction of sp³-hybridized carbons (Fsp3) is 1.00. The van der Waals surface area contributed by atoms with E-state index in [2.05, 4.69) is 0 Å². The summed E-state index contributed by atoms with van der Waals surface area (Å²) >= 11 is 0. The molecule has 0 N–H and O–H groups in total. The van der Waals surface area contributed by atoms with Gasteiger partial charge >= 0.3 is 14.6 Å². The maximum atomic E-state index is 5.63. The van der Waals surface area contributed by atoms with Gasteiger partial charge in [-0.05, 0) is 83.1 Å². The first-order valence-corrected chi connectivity index (χ1v) is 9.51. The van der Waals surface area contributed by atoms with Crippen LogP contribution in [0.4, 0.5) is 0 Å². The molecule has 6 nitrogen and oxygen atoms in total. The van der Waals surface area contributed by atoms with Gasteiger partial charge in [0.25, 0.3) is 0 Å². The molecule has 2 aliphatic heterocycles. The minimum Gasteiger partial charge on any atom is -0.384 e. The Bertz CT molecular complexity index is 389. The van der Waals surface area contributed by atoms with Crippen molar-refractivity contribution in [3.05, 3.63) is 0 Å². The van der Waals surface area contributed by atoms with Crippen LogP contribution in [-0.4, -0.2) is 49.3 Å². The smallest absolute Gasteiger partial charge is 0.384 e. The van der Waals surface area contributed by atoms with E-state index in [4.69, 9.17) is 27.9 Å². The maximum Gasteiger partial charge on any atom is 0.640 e. The van der Waals surface area contributed by atoms with E-state index in [0.717, 1.165) is 0 Å². The molecule has 0 radical (unpaired) electrons. The van der Waals surface area contributed by atoms with Crippen LogP contribution in [0.15, 0.2) is 0 Å². The van der Waals surface area contributed by atoms with Crippen LogP contribution in [-0.2, 0) is 27.9 Å². The molecule has 0 aliphatic carbocycles. The van der Waals surface area contributed by atoms with Crippen LogP contribution >= 0.6 is 0 Å². The van der Waals surface area contributed by atoms with Gasteiger partial charge in [0.05, 0.1) is 22.4 Å². The van der Waals surface area contributed by atoms with Gasteiger partial charge in [0, 0.05) is 12.2 Å². The van der Waals surface area contributed by atoms with Crippen molar-refractivity contribution in [1.82, 2.24) is 0 Å². The molecule has 0 aromatic rings. The summed E-state index contributed by atoms with van der Waals surface area (Å²) in [7, 11) is -1.05. The van der Waals surface area contributed by atoms with Gasteiger partial charge in [-0.3, -0.25) is 0 Å². The summed E-state index contributed by atoms with van der Waals surface area (Å²) < 4.78 is 33.4. The lowest BCUT2D eigenvalue weighted by atomic mass is 9.90. The lowest BCUT2D eigenvalue weighted by Crippen LogP contribution is -2.41. The largest absolute Gasteiger partial charge is 0.640 e. The van der Waals surface area contributed by atoms with Gasteiger partial charge in [0.15, 0.2) is 0 Å². The predicted octanol–water partition coefficient (Wildman–Crippen LogP) is 4.00. The highest BCUT2D eigenvalue weighted by Gasteiger charge is 2.54. The Morgan fingerprint density at radius 1 is 0.500 bits per heavy atom. The second-order valence-electron chi connectivity index (χ2n) is 9.46. The molecule has 0 atom stereocenters. The zero-order valence-corrected chi connectivity index (χ0v) is 18.8. The molecule has 0 spiro atoms. The van der Waals surface area contributed by atoms with E-state index in [1.54, 1.807) is 0 Å². The molecule has 152 valence electrons. The minimum atomic E-state index is -0.523. The first kappa shape index (κ1) is 23.9. The minimum absolute atomic E-state index is 0.120. The molecule has 2 aliphatic rings. The van der Waals surface area contributed by atoms with Crippen LogP contribution in [0.3, 0.4) is 0 Å². The van der Waals surface area contributed by atoms with E-state index in [1.165, 1.54) is 0 Å². The van der Waals surface area contributed by atoms with E-state index in [1.807, 2.05) is 83.1 Å². The van der Waals surface area contributed by atoms with E-state index in [9.17, 15) is 0 Å². The maximum absolute atomic E-state index is 5.63. The highest BCUT2D eigenvalue weighted by molar-refractivity contribution is 6.38. The zero-order chi connectivity index (χ0) is 20.6. The Hall–Kier alpha value is -0.110. The van der Waals surface area contributed by atoms with Gasteiger partial charge in [-0.2, -0.15) is 0 Å². The average molecular weight is 372 g/mol.